The first-order chi connectivity index (χ1) is 15.9. The fourth-order valence-electron chi connectivity index (χ4n) is 4.63. The highest BCUT2D eigenvalue weighted by molar-refractivity contribution is 7.80. The summed E-state index contributed by atoms with van der Waals surface area (Å²) >= 11 is 18.1. The molecule has 0 unspecified atom stereocenters. The molecule has 4 nitrogen and oxygen atoms in total. The highest BCUT2D eigenvalue weighted by Crippen LogP contribution is 2.43. The lowest BCUT2D eigenvalue weighted by atomic mass is 9.96. The third-order valence-corrected chi connectivity index (χ3v) is 6.90. The van der Waals surface area contributed by atoms with Crippen molar-refractivity contribution >= 4 is 46.2 Å². The number of aryl methyl sites for hydroxylation is 1. The zero-order chi connectivity index (χ0) is 23.1. The van der Waals surface area contributed by atoms with E-state index in [4.69, 9.17) is 35.4 Å². The number of hydrogen-bond acceptors (Lipinski definition) is 2. The van der Waals surface area contributed by atoms with E-state index >= 15 is 0 Å². The zero-order valence-corrected chi connectivity index (χ0v) is 20.5. The van der Waals surface area contributed by atoms with Gasteiger partial charge >= 0.3 is 0 Å². The molecule has 1 saturated heterocycles. The van der Waals surface area contributed by atoms with Crippen LogP contribution >= 0.6 is 35.4 Å². The van der Waals surface area contributed by atoms with Gasteiger partial charge in [-0.3, -0.25) is 4.98 Å². The van der Waals surface area contributed by atoms with Crippen molar-refractivity contribution < 1.29 is 0 Å². The van der Waals surface area contributed by atoms with E-state index in [1.54, 1.807) is 0 Å². The number of rotatable bonds is 4. The van der Waals surface area contributed by atoms with E-state index in [1.165, 1.54) is 5.56 Å². The van der Waals surface area contributed by atoms with E-state index in [2.05, 4.69) is 39.7 Å². The minimum atomic E-state index is -0.103. The summed E-state index contributed by atoms with van der Waals surface area (Å²) < 4.78 is 2.25. The molecule has 1 fully saturated rings. The summed E-state index contributed by atoms with van der Waals surface area (Å²) in [7, 11) is 0. The van der Waals surface area contributed by atoms with Crippen LogP contribution in [0.4, 0.5) is 5.69 Å². The Balaban J connectivity index is 1.67. The number of anilines is 1. The molecule has 1 aliphatic rings. The maximum atomic E-state index is 6.17. The van der Waals surface area contributed by atoms with Gasteiger partial charge in [-0.25, -0.2) is 0 Å². The quantitative estimate of drug-likeness (QED) is 0.311. The topological polar surface area (TPSA) is 33.1 Å². The molecule has 1 aliphatic heterocycles. The van der Waals surface area contributed by atoms with Gasteiger partial charge in [0.15, 0.2) is 5.11 Å². The maximum Gasteiger partial charge on any atom is 0.174 e. The van der Waals surface area contributed by atoms with Crippen LogP contribution in [0.25, 0.3) is 5.69 Å². The summed E-state index contributed by atoms with van der Waals surface area (Å²) in [6.45, 7) is 4.27. The van der Waals surface area contributed by atoms with Gasteiger partial charge in [0.05, 0.1) is 17.8 Å². The van der Waals surface area contributed by atoms with Crippen LogP contribution in [0.15, 0.2) is 79.0 Å². The molecular weight excluding hydrogens is 471 g/mol. The Hall–Kier alpha value is -2.86. The second kappa shape index (κ2) is 8.82. The summed E-state index contributed by atoms with van der Waals surface area (Å²) in [5, 5.41) is 5.59. The van der Waals surface area contributed by atoms with Crippen LogP contribution in [0.5, 0.6) is 0 Å². The molecule has 5 rings (SSSR count). The van der Waals surface area contributed by atoms with Crippen LogP contribution in [0, 0.1) is 13.8 Å². The fourth-order valence-corrected chi connectivity index (χ4v) is 5.22. The molecular formula is C26H22Cl2N4S. The van der Waals surface area contributed by atoms with Crippen LogP contribution in [0.1, 0.15) is 34.7 Å². The average Bonchev–Trinajstić information content (AvgIpc) is 3.31. The normalized spacial score (nSPS) is 17.9. The Morgan fingerprint density at radius 3 is 2.12 bits per heavy atom. The predicted molar refractivity (Wildman–Crippen MR) is 140 cm³/mol. The van der Waals surface area contributed by atoms with E-state index in [9.17, 15) is 0 Å². The number of nitrogens with zero attached hydrogens (tertiary/aromatic N) is 3. The van der Waals surface area contributed by atoms with Gasteiger partial charge in [0.1, 0.15) is 0 Å². The molecule has 7 heteroatoms. The zero-order valence-electron chi connectivity index (χ0n) is 18.2. The number of halogens is 2. The number of benzene rings is 2. The molecule has 2 atom stereocenters. The molecule has 4 aromatic rings. The third-order valence-electron chi connectivity index (χ3n) is 6.08. The molecule has 0 radical (unpaired) electrons. The van der Waals surface area contributed by atoms with E-state index in [0.29, 0.717) is 10.1 Å². The monoisotopic (exact) mass is 492 g/mol. The number of nitrogens with one attached hydrogen (secondary N) is 1. The summed E-state index contributed by atoms with van der Waals surface area (Å²) in [5.74, 6) is 0. The molecule has 33 heavy (non-hydrogen) atoms. The third kappa shape index (κ3) is 4.01. The molecule has 3 heterocycles. The molecule has 0 saturated carbocycles. The summed E-state index contributed by atoms with van der Waals surface area (Å²) in [6, 6.07) is 23.7. The van der Waals surface area contributed by atoms with Crippen LogP contribution < -0.4 is 10.2 Å². The van der Waals surface area contributed by atoms with Crippen molar-refractivity contribution in [1.82, 2.24) is 14.9 Å². The van der Waals surface area contributed by atoms with Gasteiger partial charge in [0.2, 0.25) is 0 Å². The van der Waals surface area contributed by atoms with Gasteiger partial charge < -0.3 is 14.8 Å². The highest BCUT2D eigenvalue weighted by atomic mass is 35.5. The SMILES string of the molecule is Cc1cc([C@H]2[C@H](c3ccccn3)NC(=S)N2c2ccc(Cl)cc2)c(C)n1-c1ccc(Cl)cc1. The number of hydrogen-bond donors (Lipinski definition) is 1. The van der Waals surface area contributed by atoms with Gasteiger partial charge in [0, 0.05) is 39.0 Å². The van der Waals surface area contributed by atoms with Crippen molar-refractivity contribution in [3.05, 3.63) is 112 Å². The van der Waals surface area contributed by atoms with Crippen LogP contribution in [0.2, 0.25) is 10.0 Å². The van der Waals surface area contributed by atoms with Crippen LogP contribution in [0.3, 0.4) is 0 Å². The van der Waals surface area contributed by atoms with Crippen molar-refractivity contribution in [2.45, 2.75) is 25.9 Å². The Labute approximate surface area is 208 Å². The van der Waals surface area contributed by atoms with Gasteiger partial charge in [-0.15, -0.1) is 0 Å². The van der Waals surface area contributed by atoms with Crippen LogP contribution in [-0.4, -0.2) is 14.7 Å². The minimum absolute atomic E-state index is 0.0826. The number of aromatic nitrogens is 2. The second-order valence-corrected chi connectivity index (χ2v) is 9.37. The average molecular weight is 493 g/mol. The van der Waals surface area contributed by atoms with Gasteiger partial charge in [0.25, 0.3) is 0 Å². The lowest BCUT2D eigenvalue weighted by molar-refractivity contribution is 0.565. The highest BCUT2D eigenvalue weighted by Gasteiger charge is 2.42. The van der Waals surface area contributed by atoms with Crippen molar-refractivity contribution in [2.75, 3.05) is 4.90 Å². The van der Waals surface area contributed by atoms with Crippen molar-refractivity contribution in [3.8, 4) is 5.69 Å². The van der Waals surface area contributed by atoms with Gasteiger partial charge in [-0.05, 0) is 98.4 Å². The first kappa shape index (κ1) is 22.0. The van der Waals surface area contributed by atoms with E-state index in [0.717, 1.165) is 33.5 Å². The van der Waals surface area contributed by atoms with Crippen molar-refractivity contribution in [1.29, 1.82) is 0 Å². The Bertz CT molecular complexity index is 1300. The molecule has 2 aromatic carbocycles. The molecule has 1 N–H and O–H groups in total. The summed E-state index contributed by atoms with van der Waals surface area (Å²) in [6.07, 6.45) is 1.82. The Kier molecular flexibility index (Phi) is 5.87. The summed E-state index contributed by atoms with van der Waals surface area (Å²) in [5.41, 5.74) is 6.46. The number of thiocarbonyl (C=S) groups is 1. The largest absolute Gasteiger partial charge is 0.351 e. The lowest BCUT2D eigenvalue weighted by Crippen LogP contribution is -2.29. The Morgan fingerprint density at radius 1 is 0.879 bits per heavy atom. The minimum Gasteiger partial charge on any atom is -0.351 e. The Morgan fingerprint density at radius 2 is 1.52 bits per heavy atom. The predicted octanol–water partition coefficient (Wildman–Crippen LogP) is 6.97. The van der Waals surface area contributed by atoms with Gasteiger partial charge in [-0.2, -0.15) is 0 Å². The number of pyridine rings is 1. The standard InChI is InChI=1S/C26H22Cl2N4S/c1-16-15-22(17(2)31(16)20-10-6-18(27)7-11-20)25-24(23-5-3-4-14-29-23)30-26(33)32(25)21-12-8-19(28)9-13-21/h3-15,24-25H,1-2H3,(H,30,33)/t24-,25-/m0/s1. The van der Waals surface area contributed by atoms with Gasteiger partial charge in [-0.1, -0.05) is 29.3 Å². The van der Waals surface area contributed by atoms with E-state index in [1.807, 2.05) is 72.9 Å². The first-order valence-corrected chi connectivity index (χ1v) is 11.8. The maximum absolute atomic E-state index is 6.17. The van der Waals surface area contributed by atoms with Crippen molar-refractivity contribution in [2.24, 2.45) is 0 Å². The molecule has 0 bridgehead atoms. The molecule has 166 valence electrons. The lowest BCUT2D eigenvalue weighted by Gasteiger charge is -2.28. The molecule has 0 aliphatic carbocycles. The molecule has 0 amide bonds. The van der Waals surface area contributed by atoms with E-state index < -0.39 is 0 Å². The van der Waals surface area contributed by atoms with Crippen LogP contribution in [-0.2, 0) is 0 Å². The smallest absolute Gasteiger partial charge is 0.174 e. The summed E-state index contributed by atoms with van der Waals surface area (Å²) in [4.78, 5) is 6.81. The second-order valence-electron chi connectivity index (χ2n) is 8.11. The van der Waals surface area contributed by atoms with E-state index in [-0.39, 0.29) is 12.1 Å². The van der Waals surface area contributed by atoms with Crippen molar-refractivity contribution in [3.63, 3.8) is 0 Å². The fraction of sp³-hybridized carbons (Fsp3) is 0.154. The molecule has 2 aromatic heterocycles. The molecule has 0 spiro atoms. The first-order valence-electron chi connectivity index (χ1n) is 10.6.